The molecule has 4 aromatic carbocycles. The summed E-state index contributed by atoms with van der Waals surface area (Å²) in [6.07, 6.45) is 0.625. The molecule has 0 N–H and O–H groups in total. The number of Topliss-reactive ketones (excluding diaryl/α,β-unsaturated/α-hetero) is 1. The first-order valence-corrected chi connectivity index (χ1v) is 12.8. The van der Waals surface area contributed by atoms with Gasteiger partial charge in [-0.2, -0.15) is 0 Å². The lowest BCUT2D eigenvalue weighted by Crippen LogP contribution is -2.16. The van der Waals surface area contributed by atoms with Crippen molar-refractivity contribution in [1.82, 2.24) is 14.8 Å². The maximum absolute atomic E-state index is 13.0. The van der Waals surface area contributed by atoms with E-state index in [1.54, 1.807) is 18.2 Å². The molecule has 0 atom stereocenters. The third-order valence-corrected chi connectivity index (χ3v) is 7.07. The van der Waals surface area contributed by atoms with Gasteiger partial charge in [-0.15, -0.1) is 10.2 Å². The molecule has 0 radical (unpaired) electrons. The van der Waals surface area contributed by atoms with Gasteiger partial charge in [0.2, 0.25) is 0 Å². The molecule has 0 amide bonds. The van der Waals surface area contributed by atoms with Gasteiger partial charge in [0, 0.05) is 17.7 Å². The van der Waals surface area contributed by atoms with Gasteiger partial charge in [0.1, 0.15) is 19.0 Å². The molecule has 1 aromatic heterocycles. The number of nitrogens with zero attached hydrogens (tertiary/aromatic N) is 3. The average molecular weight is 494 g/mol. The summed E-state index contributed by atoms with van der Waals surface area (Å²) in [7, 11) is 0. The Morgan fingerprint density at radius 2 is 1.61 bits per heavy atom. The summed E-state index contributed by atoms with van der Waals surface area (Å²) in [5.74, 6) is 2.34. The minimum Gasteiger partial charge on any atom is -0.486 e. The van der Waals surface area contributed by atoms with Gasteiger partial charge in [-0.3, -0.25) is 9.36 Å². The lowest BCUT2D eigenvalue weighted by Gasteiger charge is -2.18. The summed E-state index contributed by atoms with van der Waals surface area (Å²) in [5, 5.41) is 12.1. The molecule has 0 spiro atoms. The van der Waals surface area contributed by atoms with Crippen molar-refractivity contribution in [2.24, 2.45) is 0 Å². The normalized spacial score (nSPS) is 12.6. The Morgan fingerprint density at radius 1 is 0.833 bits per heavy atom. The first kappa shape index (κ1) is 22.4. The molecule has 0 fully saturated rings. The lowest BCUT2D eigenvalue weighted by molar-refractivity contribution is 0.102. The van der Waals surface area contributed by atoms with E-state index in [1.165, 1.54) is 28.1 Å². The number of hydrogen-bond acceptors (Lipinski definition) is 6. The minimum absolute atomic E-state index is 0.00446. The second-order valence-corrected chi connectivity index (χ2v) is 9.40. The maximum atomic E-state index is 13.0. The van der Waals surface area contributed by atoms with Gasteiger partial charge in [-0.25, -0.2) is 0 Å². The molecule has 0 aliphatic carbocycles. The van der Waals surface area contributed by atoms with Crippen LogP contribution in [0, 0.1) is 0 Å². The number of thioether (sulfide) groups is 1. The summed E-state index contributed by atoms with van der Waals surface area (Å²) in [5.41, 5.74) is 2.74. The van der Waals surface area contributed by atoms with E-state index in [0.717, 1.165) is 11.5 Å². The number of hydrogen-bond donors (Lipinski definition) is 0. The molecule has 6 rings (SSSR count). The zero-order chi connectivity index (χ0) is 24.3. The van der Waals surface area contributed by atoms with E-state index in [2.05, 4.69) is 46.6 Å². The van der Waals surface area contributed by atoms with Crippen molar-refractivity contribution < 1.29 is 14.3 Å². The van der Waals surface area contributed by atoms with Crippen LogP contribution in [0.2, 0.25) is 0 Å². The highest BCUT2D eigenvalue weighted by molar-refractivity contribution is 7.99. The monoisotopic (exact) mass is 493 g/mol. The number of ketones is 1. The molecule has 36 heavy (non-hydrogen) atoms. The number of ether oxygens (including phenoxy) is 2. The van der Waals surface area contributed by atoms with Crippen LogP contribution < -0.4 is 9.47 Å². The summed E-state index contributed by atoms with van der Waals surface area (Å²) in [4.78, 5) is 13.0. The molecule has 178 valence electrons. The quantitative estimate of drug-likeness (QED) is 0.212. The molecule has 5 aromatic rings. The Kier molecular flexibility index (Phi) is 6.13. The van der Waals surface area contributed by atoms with Gasteiger partial charge in [-0.05, 0) is 46.7 Å². The Balaban J connectivity index is 1.29. The molecular formula is C29H23N3O3S. The van der Waals surface area contributed by atoms with Crippen molar-refractivity contribution in [2.75, 3.05) is 19.0 Å². The predicted octanol–water partition coefficient (Wildman–Crippen LogP) is 5.76. The third-order valence-electron chi connectivity index (χ3n) is 6.14. The van der Waals surface area contributed by atoms with Crippen LogP contribution in [0.1, 0.15) is 21.7 Å². The molecule has 7 heteroatoms. The minimum atomic E-state index is -0.00446. The van der Waals surface area contributed by atoms with Crippen LogP contribution >= 0.6 is 11.8 Å². The van der Waals surface area contributed by atoms with E-state index in [0.29, 0.717) is 41.9 Å². The fourth-order valence-corrected chi connectivity index (χ4v) is 5.26. The zero-order valence-electron chi connectivity index (χ0n) is 19.5. The van der Waals surface area contributed by atoms with E-state index >= 15 is 0 Å². The smallest absolute Gasteiger partial charge is 0.196 e. The molecule has 0 unspecified atom stereocenters. The highest BCUT2D eigenvalue weighted by atomic mass is 32.2. The number of para-hydroxylation sites is 1. The van der Waals surface area contributed by atoms with E-state index < -0.39 is 0 Å². The average Bonchev–Trinajstić information content (AvgIpc) is 3.34. The second-order valence-electron chi connectivity index (χ2n) is 8.46. The topological polar surface area (TPSA) is 66.2 Å². The number of carbonyl (C=O) groups is 1. The standard InChI is InChI=1S/C29H23N3O3S/c33-25(22-13-14-26-27(17-22)35-16-15-34-26)19-36-29-31-30-28(32(29)23-10-2-1-3-11-23)18-21-9-6-8-20-7-4-5-12-24(20)21/h1-14,17H,15-16,18-19H2. The first-order chi connectivity index (χ1) is 17.8. The van der Waals surface area contributed by atoms with Gasteiger partial charge in [0.15, 0.2) is 22.4 Å². The number of benzene rings is 4. The molecule has 0 saturated heterocycles. The van der Waals surface area contributed by atoms with Crippen molar-refractivity contribution in [3.8, 4) is 17.2 Å². The fraction of sp³-hybridized carbons (Fsp3) is 0.138. The van der Waals surface area contributed by atoms with E-state index in [4.69, 9.17) is 9.47 Å². The Bertz CT molecular complexity index is 1540. The van der Waals surface area contributed by atoms with Gasteiger partial charge < -0.3 is 9.47 Å². The molecule has 0 saturated carbocycles. The van der Waals surface area contributed by atoms with Crippen LogP contribution in [0.15, 0.2) is 96.2 Å². The van der Waals surface area contributed by atoms with E-state index in [9.17, 15) is 4.79 Å². The molecular weight excluding hydrogens is 470 g/mol. The van der Waals surface area contributed by atoms with E-state index in [-0.39, 0.29) is 11.5 Å². The highest BCUT2D eigenvalue weighted by Gasteiger charge is 2.19. The van der Waals surface area contributed by atoms with Crippen LogP contribution in [-0.4, -0.2) is 39.5 Å². The zero-order valence-corrected chi connectivity index (χ0v) is 20.3. The summed E-state index contributed by atoms with van der Waals surface area (Å²) in [6, 6.07) is 30.0. The SMILES string of the molecule is O=C(CSc1nnc(Cc2cccc3ccccc23)n1-c1ccccc1)c1ccc2c(c1)OCCO2. The Morgan fingerprint density at radius 3 is 2.50 bits per heavy atom. The largest absolute Gasteiger partial charge is 0.486 e. The number of aromatic nitrogens is 3. The van der Waals surface area contributed by atoms with Crippen molar-refractivity contribution in [2.45, 2.75) is 11.6 Å². The van der Waals surface area contributed by atoms with Crippen LogP contribution in [0.3, 0.4) is 0 Å². The van der Waals surface area contributed by atoms with Gasteiger partial charge >= 0.3 is 0 Å². The first-order valence-electron chi connectivity index (χ1n) is 11.8. The molecule has 1 aliphatic rings. The third kappa shape index (κ3) is 4.45. The second kappa shape index (κ2) is 9.87. The molecule has 0 bridgehead atoms. The van der Waals surface area contributed by atoms with Crippen LogP contribution in [0.25, 0.3) is 16.5 Å². The van der Waals surface area contributed by atoms with Crippen molar-refractivity contribution >= 4 is 28.3 Å². The predicted molar refractivity (Wildman–Crippen MR) is 141 cm³/mol. The van der Waals surface area contributed by atoms with Crippen LogP contribution in [0.5, 0.6) is 11.5 Å². The lowest BCUT2D eigenvalue weighted by atomic mass is 10.0. The Hall–Kier alpha value is -4.10. The summed E-state index contributed by atoms with van der Waals surface area (Å²) < 4.78 is 13.2. The molecule has 2 heterocycles. The Labute approximate surface area is 212 Å². The number of fused-ring (bicyclic) bond motifs is 2. The van der Waals surface area contributed by atoms with Gasteiger partial charge in [0.05, 0.1) is 5.75 Å². The number of rotatable bonds is 7. The highest BCUT2D eigenvalue weighted by Crippen LogP contribution is 2.32. The van der Waals surface area contributed by atoms with Crippen molar-refractivity contribution in [3.05, 3.63) is 108 Å². The number of carbonyl (C=O) groups excluding carboxylic acids is 1. The van der Waals surface area contributed by atoms with E-state index in [1.807, 2.05) is 41.0 Å². The molecule has 1 aliphatic heterocycles. The summed E-state index contributed by atoms with van der Waals surface area (Å²) >= 11 is 1.38. The van der Waals surface area contributed by atoms with Crippen molar-refractivity contribution in [1.29, 1.82) is 0 Å². The maximum Gasteiger partial charge on any atom is 0.196 e. The summed E-state index contributed by atoms with van der Waals surface area (Å²) in [6.45, 7) is 1.01. The van der Waals surface area contributed by atoms with Gasteiger partial charge in [0.25, 0.3) is 0 Å². The molecule has 6 nitrogen and oxygen atoms in total. The van der Waals surface area contributed by atoms with Crippen molar-refractivity contribution in [3.63, 3.8) is 0 Å². The fourth-order valence-electron chi connectivity index (χ4n) is 4.39. The van der Waals surface area contributed by atoms with Crippen LogP contribution in [0.4, 0.5) is 0 Å². The van der Waals surface area contributed by atoms with Gasteiger partial charge in [-0.1, -0.05) is 72.4 Å². The van der Waals surface area contributed by atoms with Crippen LogP contribution in [-0.2, 0) is 6.42 Å².